The first kappa shape index (κ1) is 12.9. The van der Waals surface area contributed by atoms with Crippen LogP contribution in [-0.4, -0.2) is 25.5 Å². The molecule has 0 amide bonds. The van der Waals surface area contributed by atoms with Gasteiger partial charge < -0.3 is 0 Å². The zero-order chi connectivity index (χ0) is 13.9. The maximum atomic E-state index is 12.3. The van der Waals surface area contributed by atoms with Gasteiger partial charge in [0.2, 0.25) is 0 Å². The Bertz CT molecular complexity index is 746. The summed E-state index contributed by atoms with van der Waals surface area (Å²) in [7, 11) is 0. The highest BCUT2D eigenvalue weighted by Crippen LogP contribution is 2.20. The second-order valence-electron chi connectivity index (χ2n) is 4.53. The van der Waals surface area contributed by atoms with Gasteiger partial charge in [-0.25, -0.2) is 9.67 Å². The molecule has 0 aliphatic heterocycles. The first-order valence-electron chi connectivity index (χ1n) is 6.51. The predicted molar refractivity (Wildman–Crippen MR) is 78.0 cm³/mol. The van der Waals surface area contributed by atoms with E-state index in [9.17, 15) is 4.79 Å². The number of thiophene rings is 1. The lowest BCUT2D eigenvalue weighted by atomic mass is 10.1. The molecule has 0 fully saturated rings. The van der Waals surface area contributed by atoms with Crippen molar-refractivity contribution in [3.8, 4) is 0 Å². The average Bonchev–Trinajstić information content (AvgIpc) is 3.07. The minimum absolute atomic E-state index is 0.0261. The molecule has 0 spiro atoms. The second-order valence-corrected chi connectivity index (χ2v) is 5.48. The number of aryl methyl sites for hydroxylation is 1. The molecular weight excluding hydrogens is 272 g/mol. The summed E-state index contributed by atoms with van der Waals surface area (Å²) >= 11 is 1.59. The molecule has 102 valence electrons. The van der Waals surface area contributed by atoms with Gasteiger partial charge in [0.1, 0.15) is 12.2 Å². The molecule has 0 N–H and O–H groups in total. The summed E-state index contributed by atoms with van der Waals surface area (Å²) in [6.07, 6.45) is 4.36. The Hall–Kier alpha value is -2.08. The van der Waals surface area contributed by atoms with Crippen LogP contribution in [0.15, 0.2) is 30.0 Å². The summed E-state index contributed by atoms with van der Waals surface area (Å²) in [5.41, 5.74) is 1.56. The van der Waals surface area contributed by atoms with E-state index in [4.69, 9.17) is 0 Å². The van der Waals surface area contributed by atoms with Crippen molar-refractivity contribution < 1.29 is 4.79 Å². The smallest absolute Gasteiger partial charge is 0.172 e. The minimum Gasteiger partial charge on any atom is -0.294 e. The number of aromatic nitrogens is 4. The highest BCUT2D eigenvalue weighted by molar-refractivity contribution is 7.17. The molecule has 0 unspecified atom stereocenters. The Labute approximate surface area is 120 Å². The van der Waals surface area contributed by atoms with Crippen LogP contribution in [0.4, 0.5) is 0 Å². The van der Waals surface area contributed by atoms with E-state index in [1.807, 2.05) is 17.5 Å². The molecule has 0 aromatic carbocycles. The van der Waals surface area contributed by atoms with E-state index in [1.54, 1.807) is 22.2 Å². The molecule has 0 radical (unpaired) electrons. The molecule has 20 heavy (non-hydrogen) atoms. The highest BCUT2D eigenvalue weighted by Gasteiger charge is 2.13. The third-order valence-corrected chi connectivity index (χ3v) is 3.93. The Morgan fingerprint density at radius 1 is 1.40 bits per heavy atom. The first-order chi connectivity index (χ1) is 9.78. The van der Waals surface area contributed by atoms with E-state index in [0.717, 1.165) is 23.2 Å². The van der Waals surface area contributed by atoms with Gasteiger partial charge in [0, 0.05) is 18.3 Å². The van der Waals surface area contributed by atoms with Crippen LogP contribution in [0, 0.1) is 0 Å². The van der Waals surface area contributed by atoms with Gasteiger partial charge in [-0.15, -0.1) is 11.3 Å². The van der Waals surface area contributed by atoms with Crippen LogP contribution in [-0.2, 0) is 13.0 Å². The van der Waals surface area contributed by atoms with Gasteiger partial charge >= 0.3 is 0 Å². The molecular formula is C14H14N4OS. The summed E-state index contributed by atoms with van der Waals surface area (Å²) in [5.74, 6) is 0.737. The van der Waals surface area contributed by atoms with Crippen LogP contribution in [0.5, 0.6) is 0 Å². The third-order valence-electron chi connectivity index (χ3n) is 3.07. The van der Waals surface area contributed by atoms with Crippen molar-refractivity contribution in [1.29, 1.82) is 0 Å². The highest BCUT2D eigenvalue weighted by atomic mass is 32.1. The second kappa shape index (κ2) is 5.50. The van der Waals surface area contributed by atoms with Crippen molar-refractivity contribution >= 4 is 27.3 Å². The van der Waals surface area contributed by atoms with E-state index < -0.39 is 0 Å². The molecule has 5 nitrogen and oxygen atoms in total. The fourth-order valence-electron chi connectivity index (χ4n) is 2.07. The van der Waals surface area contributed by atoms with Crippen molar-refractivity contribution in [2.75, 3.05) is 0 Å². The Morgan fingerprint density at radius 2 is 2.30 bits per heavy atom. The number of fused-ring (bicyclic) bond motifs is 1. The Morgan fingerprint density at radius 3 is 3.15 bits per heavy atom. The van der Waals surface area contributed by atoms with E-state index in [2.05, 4.69) is 22.0 Å². The standard InChI is InChI=1S/C14H14N4OS/c1-2-4-18-14(16-9-17-18)7-12(19)10-6-13-11(15-8-10)3-5-20-13/h3,5-6,8-9H,2,4,7H2,1H3. The van der Waals surface area contributed by atoms with E-state index in [1.165, 1.54) is 6.33 Å². The molecule has 3 aromatic heterocycles. The van der Waals surface area contributed by atoms with Crippen molar-refractivity contribution in [1.82, 2.24) is 19.7 Å². The van der Waals surface area contributed by atoms with Crippen molar-refractivity contribution in [2.45, 2.75) is 26.3 Å². The van der Waals surface area contributed by atoms with Crippen LogP contribution in [0.25, 0.3) is 10.2 Å². The summed E-state index contributed by atoms with van der Waals surface area (Å²) in [4.78, 5) is 20.8. The summed E-state index contributed by atoms with van der Waals surface area (Å²) in [6.45, 7) is 2.85. The van der Waals surface area contributed by atoms with Gasteiger partial charge in [-0.05, 0) is 23.9 Å². The number of ketones is 1. The number of hydrogen-bond acceptors (Lipinski definition) is 5. The van der Waals surface area contributed by atoms with Crippen molar-refractivity contribution in [3.05, 3.63) is 41.4 Å². The Balaban J connectivity index is 1.83. The minimum atomic E-state index is 0.0261. The largest absolute Gasteiger partial charge is 0.294 e. The quantitative estimate of drug-likeness (QED) is 0.677. The van der Waals surface area contributed by atoms with E-state index >= 15 is 0 Å². The van der Waals surface area contributed by atoms with Crippen LogP contribution in [0.3, 0.4) is 0 Å². The molecule has 0 bridgehead atoms. The summed E-state index contributed by atoms with van der Waals surface area (Å²) < 4.78 is 2.82. The first-order valence-corrected chi connectivity index (χ1v) is 7.39. The zero-order valence-corrected chi connectivity index (χ0v) is 11.9. The molecule has 0 aliphatic carbocycles. The maximum Gasteiger partial charge on any atom is 0.172 e. The number of carbonyl (C=O) groups excluding carboxylic acids is 1. The lowest BCUT2D eigenvalue weighted by molar-refractivity contribution is 0.0989. The summed E-state index contributed by atoms with van der Waals surface area (Å²) in [6, 6.07) is 3.85. The molecule has 6 heteroatoms. The van der Waals surface area contributed by atoms with Gasteiger partial charge in [-0.1, -0.05) is 6.92 Å². The summed E-state index contributed by atoms with van der Waals surface area (Å²) in [5, 5.41) is 6.11. The topological polar surface area (TPSA) is 60.7 Å². The predicted octanol–water partition coefficient (Wildman–Crippen LogP) is 2.72. The van der Waals surface area contributed by atoms with Gasteiger partial charge in [0.15, 0.2) is 5.78 Å². The van der Waals surface area contributed by atoms with Crippen molar-refractivity contribution in [3.63, 3.8) is 0 Å². The van der Waals surface area contributed by atoms with Gasteiger partial charge in [-0.2, -0.15) is 5.10 Å². The number of hydrogen-bond donors (Lipinski definition) is 0. The molecule has 0 saturated heterocycles. The number of carbonyl (C=O) groups is 1. The monoisotopic (exact) mass is 286 g/mol. The number of pyridine rings is 1. The maximum absolute atomic E-state index is 12.3. The lowest BCUT2D eigenvalue weighted by Gasteiger charge is -2.04. The number of Topliss-reactive ketones (excluding diaryl/α,β-unsaturated/α-hetero) is 1. The zero-order valence-electron chi connectivity index (χ0n) is 11.1. The SMILES string of the molecule is CCCn1ncnc1CC(=O)c1cnc2ccsc2c1. The fraction of sp³-hybridized carbons (Fsp3) is 0.286. The van der Waals surface area contributed by atoms with Crippen molar-refractivity contribution in [2.24, 2.45) is 0 Å². The molecule has 3 rings (SSSR count). The fourth-order valence-corrected chi connectivity index (χ4v) is 2.85. The van der Waals surface area contributed by atoms with Crippen LogP contribution < -0.4 is 0 Å². The van der Waals surface area contributed by atoms with Gasteiger partial charge in [-0.3, -0.25) is 9.78 Å². The van der Waals surface area contributed by atoms with Crippen LogP contribution in [0.1, 0.15) is 29.5 Å². The molecule has 0 saturated carbocycles. The van der Waals surface area contributed by atoms with Crippen LogP contribution in [0.2, 0.25) is 0 Å². The Kier molecular flexibility index (Phi) is 3.56. The van der Waals surface area contributed by atoms with Gasteiger partial charge in [0.05, 0.1) is 16.6 Å². The number of rotatable bonds is 5. The average molecular weight is 286 g/mol. The normalized spacial score (nSPS) is 11.1. The van der Waals surface area contributed by atoms with Crippen LogP contribution >= 0.6 is 11.3 Å². The van der Waals surface area contributed by atoms with E-state index in [-0.39, 0.29) is 12.2 Å². The molecule has 3 heterocycles. The van der Waals surface area contributed by atoms with E-state index in [0.29, 0.717) is 11.4 Å². The molecule has 0 aliphatic rings. The lowest BCUT2D eigenvalue weighted by Crippen LogP contribution is -2.11. The van der Waals surface area contributed by atoms with Gasteiger partial charge in [0.25, 0.3) is 0 Å². The molecule has 0 atom stereocenters. The third kappa shape index (κ3) is 2.46. The molecule has 3 aromatic rings. The number of nitrogens with zero attached hydrogens (tertiary/aromatic N) is 4.